The van der Waals surface area contributed by atoms with Crippen molar-refractivity contribution in [2.75, 3.05) is 25.0 Å². The van der Waals surface area contributed by atoms with E-state index in [9.17, 15) is 4.39 Å². The summed E-state index contributed by atoms with van der Waals surface area (Å²) in [5.41, 5.74) is 8.67. The van der Waals surface area contributed by atoms with Gasteiger partial charge in [0.1, 0.15) is 17.0 Å². The first kappa shape index (κ1) is 28.8. The van der Waals surface area contributed by atoms with Gasteiger partial charge >= 0.3 is 0 Å². The maximum atomic E-state index is 14.8. The molecular weight excluding hydrogens is 565 g/mol. The Labute approximate surface area is 261 Å². The molecule has 0 spiro atoms. The van der Waals surface area contributed by atoms with Crippen LogP contribution in [0.2, 0.25) is 0 Å². The van der Waals surface area contributed by atoms with E-state index < -0.39 is 0 Å². The van der Waals surface area contributed by atoms with Crippen LogP contribution in [0.4, 0.5) is 10.1 Å². The Hall–Kier alpha value is -4.96. The SMILES string of the molecule is C=C(Nc1cncc(-c2cnc3n[nH]c(-c4nc5c(-c6cc(F)cc(CCCN7CCCC7)c6)nccc5[nH]4)c3c2)c1)C(C)C. The van der Waals surface area contributed by atoms with Crippen LogP contribution in [0.25, 0.3) is 56.0 Å². The average molecular weight is 602 g/mol. The number of aromatic nitrogens is 7. The molecule has 0 aliphatic carbocycles. The predicted octanol–water partition coefficient (Wildman–Crippen LogP) is 7.37. The van der Waals surface area contributed by atoms with Crippen LogP contribution in [0.3, 0.4) is 0 Å². The van der Waals surface area contributed by atoms with Gasteiger partial charge in [0.2, 0.25) is 0 Å². The van der Waals surface area contributed by atoms with E-state index >= 15 is 0 Å². The molecule has 1 aliphatic heterocycles. The van der Waals surface area contributed by atoms with E-state index in [2.05, 4.69) is 60.8 Å². The van der Waals surface area contributed by atoms with Crippen molar-refractivity contribution in [2.45, 2.75) is 39.5 Å². The summed E-state index contributed by atoms with van der Waals surface area (Å²) >= 11 is 0. The number of aromatic amines is 2. The number of benzene rings is 1. The minimum absolute atomic E-state index is 0.265. The van der Waals surface area contributed by atoms with Crippen LogP contribution >= 0.6 is 0 Å². The van der Waals surface area contributed by atoms with Crippen LogP contribution in [0.5, 0.6) is 0 Å². The predicted molar refractivity (Wildman–Crippen MR) is 177 cm³/mol. The van der Waals surface area contributed by atoms with Crippen LogP contribution in [0, 0.1) is 11.7 Å². The molecule has 0 atom stereocenters. The van der Waals surface area contributed by atoms with Gasteiger partial charge < -0.3 is 15.2 Å². The Morgan fingerprint density at radius 2 is 1.87 bits per heavy atom. The molecule has 10 heteroatoms. The third-order valence-corrected chi connectivity index (χ3v) is 8.49. The standard InChI is InChI=1S/C35H36FN9/c1-21(2)22(3)40-28-16-25(18-37-20-28)26-17-29-32(43-44-34(29)39-19-26)35-41-30-8-9-38-31(33(30)42-35)24-13-23(14-27(36)15-24)7-6-12-45-10-4-5-11-45/h8-9,13-21,40H,3-7,10-12H2,1-2H3,(H,41,42)(H,39,43,44). The van der Waals surface area contributed by atoms with Crippen LogP contribution in [-0.4, -0.2) is 59.7 Å². The van der Waals surface area contributed by atoms with Gasteiger partial charge in [-0.1, -0.05) is 20.4 Å². The van der Waals surface area contributed by atoms with E-state index in [1.807, 2.05) is 30.5 Å². The highest BCUT2D eigenvalue weighted by molar-refractivity contribution is 5.96. The van der Waals surface area contributed by atoms with Crippen molar-refractivity contribution in [3.63, 3.8) is 0 Å². The summed E-state index contributed by atoms with van der Waals surface area (Å²) in [7, 11) is 0. The molecule has 7 rings (SSSR count). The summed E-state index contributed by atoms with van der Waals surface area (Å²) in [5, 5.41) is 11.7. The fourth-order valence-electron chi connectivity index (χ4n) is 5.94. The number of allylic oxidation sites excluding steroid dienone is 1. The Balaban J connectivity index is 1.20. The quantitative estimate of drug-likeness (QED) is 0.150. The Kier molecular flexibility index (Phi) is 7.81. The maximum absolute atomic E-state index is 14.8. The second-order valence-electron chi connectivity index (χ2n) is 12.1. The molecule has 0 amide bonds. The minimum Gasteiger partial charge on any atom is -0.358 e. The lowest BCUT2D eigenvalue weighted by Gasteiger charge is -2.14. The number of hydrogen-bond acceptors (Lipinski definition) is 7. The van der Waals surface area contributed by atoms with Gasteiger partial charge in [-0.05, 0) is 93.2 Å². The zero-order chi connectivity index (χ0) is 30.9. The van der Waals surface area contributed by atoms with Crippen molar-refractivity contribution < 1.29 is 4.39 Å². The first-order chi connectivity index (χ1) is 21.9. The molecule has 1 aromatic carbocycles. The highest BCUT2D eigenvalue weighted by atomic mass is 19.1. The highest BCUT2D eigenvalue weighted by Gasteiger charge is 2.18. The van der Waals surface area contributed by atoms with E-state index in [4.69, 9.17) is 4.98 Å². The number of halogens is 1. The van der Waals surface area contributed by atoms with Gasteiger partial charge in [-0.3, -0.25) is 15.1 Å². The Bertz CT molecular complexity index is 2000. The number of H-pyrrole nitrogens is 2. The van der Waals surface area contributed by atoms with Gasteiger partial charge in [-0.15, -0.1) is 0 Å². The molecule has 0 unspecified atom stereocenters. The molecule has 3 N–H and O–H groups in total. The summed E-state index contributed by atoms with van der Waals surface area (Å²) in [5.74, 6) is 0.635. The Morgan fingerprint density at radius 3 is 2.71 bits per heavy atom. The molecule has 1 saturated heterocycles. The van der Waals surface area contributed by atoms with Crippen molar-refractivity contribution in [3.05, 3.63) is 84.8 Å². The number of nitrogens with one attached hydrogen (secondary N) is 3. The second kappa shape index (κ2) is 12.2. The average Bonchev–Trinajstić information content (AvgIpc) is 3.80. The smallest absolute Gasteiger partial charge is 0.181 e. The molecule has 5 aromatic heterocycles. The fourth-order valence-corrected chi connectivity index (χ4v) is 5.94. The number of anilines is 1. The van der Waals surface area contributed by atoms with E-state index in [1.165, 1.54) is 32.0 Å². The van der Waals surface area contributed by atoms with Gasteiger partial charge in [0, 0.05) is 41.0 Å². The third kappa shape index (κ3) is 6.06. The van der Waals surface area contributed by atoms with Crippen LogP contribution in [0.1, 0.15) is 38.7 Å². The molecule has 6 aromatic rings. The van der Waals surface area contributed by atoms with Crippen molar-refractivity contribution in [3.8, 4) is 33.9 Å². The molecule has 9 nitrogen and oxygen atoms in total. The number of likely N-dealkylation sites (tertiary alicyclic amines) is 1. The molecule has 0 bridgehead atoms. The van der Waals surface area contributed by atoms with Crippen LogP contribution in [0.15, 0.2) is 73.5 Å². The number of imidazole rings is 1. The van der Waals surface area contributed by atoms with Crippen molar-refractivity contribution in [2.24, 2.45) is 5.92 Å². The highest BCUT2D eigenvalue weighted by Crippen LogP contribution is 2.33. The third-order valence-electron chi connectivity index (χ3n) is 8.49. The topological polar surface area (TPSA) is 111 Å². The molecule has 6 heterocycles. The lowest BCUT2D eigenvalue weighted by Crippen LogP contribution is -2.20. The van der Waals surface area contributed by atoms with Gasteiger partial charge in [-0.25, -0.2) is 14.4 Å². The van der Waals surface area contributed by atoms with Gasteiger partial charge in [0.05, 0.1) is 28.5 Å². The maximum Gasteiger partial charge on any atom is 0.181 e. The summed E-state index contributed by atoms with van der Waals surface area (Å²) < 4.78 is 14.8. The van der Waals surface area contributed by atoms with Crippen LogP contribution in [-0.2, 0) is 6.42 Å². The molecule has 0 saturated carbocycles. The Morgan fingerprint density at radius 1 is 1.02 bits per heavy atom. The van der Waals surface area contributed by atoms with Crippen LogP contribution < -0.4 is 5.32 Å². The molecule has 1 fully saturated rings. The summed E-state index contributed by atoms with van der Waals surface area (Å²) in [6.07, 6.45) is 11.5. The molecule has 45 heavy (non-hydrogen) atoms. The number of aryl methyl sites for hydroxylation is 1. The fraction of sp³-hybridized carbons (Fsp3) is 0.286. The monoisotopic (exact) mass is 601 g/mol. The van der Waals surface area contributed by atoms with E-state index in [0.717, 1.165) is 63.9 Å². The largest absolute Gasteiger partial charge is 0.358 e. The van der Waals surface area contributed by atoms with Crippen molar-refractivity contribution >= 4 is 27.8 Å². The number of pyridine rings is 3. The van der Waals surface area contributed by atoms with E-state index in [-0.39, 0.29) is 5.82 Å². The van der Waals surface area contributed by atoms with Crippen molar-refractivity contribution in [1.82, 2.24) is 40.0 Å². The van der Waals surface area contributed by atoms with E-state index in [0.29, 0.717) is 34.3 Å². The zero-order valence-corrected chi connectivity index (χ0v) is 25.6. The van der Waals surface area contributed by atoms with Gasteiger partial charge in [0.25, 0.3) is 0 Å². The van der Waals surface area contributed by atoms with Gasteiger partial charge in [0.15, 0.2) is 11.5 Å². The minimum atomic E-state index is -0.265. The molecule has 0 radical (unpaired) electrons. The normalized spacial score (nSPS) is 13.8. The number of rotatable bonds is 10. The second-order valence-corrected chi connectivity index (χ2v) is 12.1. The molecular formula is C35H36FN9. The van der Waals surface area contributed by atoms with E-state index in [1.54, 1.807) is 24.7 Å². The number of hydrogen-bond donors (Lipinski definition) is 3. The molecule has 1 aliphatic rings. The summed E-state index contributed by atoms with van der Waals surface area (Å²) in [4.78, 5) is 24.5. The first-order valence-electron chi connectivity index (χ1n) is 15.5. The lowest BCUT2D eigenvalue weighted by atomic mass is 10.0. The van der Waals surface area contributed by atoms with Gasteiger partial charge in [-0.2, -0.15) is 5.10 Å². The van der Waals surface area contributed by atoms with Crippen molar-refractivity contribution in [1.29, 1.82) is 0 Å². The lowest BCUT2D eigenvalue weighted by molar-refractivity contribution is 0.334. The number of fused-ring (bicyclic) bond motifs is 2. The number of nitrogens with zero attached hydrogens (tertiary/aromatic N) is 6. The molecule has 228 valence electrons. The zero-order valence-electron chi connectivity index (χ0n) is 25.6. The first-order valence-corrected chi connectivity index (χ1v) is 15.5. The summed E-state index contributed by atoms with van der Waals surface area (Å²) in [6.45, 7) is 11.7. The summed E-state index contributed by atoms with van der Waals surface area (Å²) in [6, 6.07) is 11.2.